The lowest BCUT2D eigenvalue weighted by Crippen LogP contribution is -2.27. The predicted octanol–water partition coefficient (Wildman–Crippen LogP) is 4.00. The van der Waals surface area contributed by atoms with Crippen molar-refractivity contribution in [2.24, 2.45) is 11.8 Å². The van der Waals surface area contributed by atoms with Crippen LogP contribution in [0.5, 0.6) is 0 Å². The molecule has 98 valence electrons. The van der Waals surface area contributed by atoms with E-state index in [0.29, 0.717) is 0 Å². The second kappa shape index (κ2) is 5.91. The Kier molecular flexibility index (Phi) is 4.24. The predicted molar refractivity (Wildman–Crippen MR) is 84.7 cm³/mol. The summed E-state index contributed by atoms with van der Waals surface area (Å²) in [6, 6.07) is 9.96. The van der Waals surface area contributed by atoms with Gasteiger partial charge in [0, 0.05) is 9.61 Å². The number of rotatable bonds is 5. The second-order valence-corrected chi connectivity index (χ2v) is 7.21. The van der Waals surface area contributed by atoms with E-state index in [9.17, 15) is 0 Å². The van der Waals surface area contributed by atoms with Crippen molar-refractivity contribution in [3.05, 3.63) is 33.4 Å². The fourth-order valence-corrected chi connectivity index (χ4v) is 3.54. The highest BCUT2D eigenvalue weighted by atomic mass is 127. The topological polar surface area (TPSA) is 12.0 Å². The molecule has 0 saturated heterocycles. The Morgan fingerprint density at radius 1 is 1.00 bits per heavy atom. The first-order valence-electron chi connectivity index (χ1n) is 7.29. The van der Waals surface area contributed by atoms with Crippen LogP contribution in [0.15, 0.2) is 24.3 Å². The van der Waals surface area contributed by atoms with Crippen molar-refractivity contribution in [2.75, 3.05) is 6.54 Å². The molecule has 2 atom stereocenters. The van der Waals surface area contributed by atoms with E-state index in [0.717, 1.165) is 17.9 Å². The number of nitrogens with one attached hydrogen (secondary N) is 1. The van der Waals surface area contributed by atoms with Crippen molar-refractivity contribution in [1.29, 1.82) is 0 Å². The lowest BCUT2D eigenvalue weighted by Gasteiger charge is -2.20. The summed E-state index contributed by atoms with van der Waals surface area (Å²) in [6.07, 6.45) is 8.42. The standard InChI is InChI=1S/C16H22IN/c17-15-6-4-12(5-7-15)10-13-2-1-3-14(13)11-18-16-8-9-16/h4-7,13-14,16,18H,1-3,8-11H2. The molecule has 3 rings (SSSR count). The van der Waals surface area contributed by atoms with Crippen LogP contribution in [-0.2, 0) is 6.42 Å². The fourth-order valence-electron chi connectivity index (χ4n) is 3.18. The average Bonchev–Trinajstić information content (AvgIpc) is 3.11. The zero-order chi connectivity index (χ0) is 12.4. The highest BCUT2D eigenvalue weighted by Crippen LogP contribution is 2.34. The van der Waals surface area contributed by atoms with Crippen molar-refractivity contribution < 1.29 is 0 Å². The molecule has 2 saturated carbocycles. The van der Waals surface area contributed by atoms with Gasteiger partial charge in [-0.2, -0.15) is 0 Å². The molecule has 2 aliphatic rings. The van der Waals surface area contributed by atoms with Crippen molar-refractivity contribution in [3.8, 4) is 0 Å². The quantitative estimate of drug-likeness (QED) is 0.788. The van der Waals surface area contributed by atoms with Gasteiger partial charge in [-0.25, -0.2) is 0 Å². The van der Waals surface area contributed by atoms with Gasteiger partial charge < -0.3 is 5.32 Å². The first-order valence-corrected chi connectivity index (χ1v) is 8.37. The first kappa shape index (κ1) is 12.9. The maximum absolute atomic E-state index is 3.72. The number of halogens is 1. The minimum atomic E-state index is 0.865. The molecule has 2 heteroatoms. The molecule has 1 aromatic carbocycles. The van der Waals surface area contributed by atoms with Crippen LogP contribution >= 0.6 is 22.6 Å². The molecule has 2 aliphatic carbocycles. The summed E-state index contributed by atoms with van der Waals surface area (Å²) in [6.45, 7) is 1.26. The van der Waals surface area contributed by atoms with E-state index >= 15 is 0 Å². The normalized spacial score (nSPS) is 27.6. The maximum atomic E-state index is 3.72. The van der Waals surface area contributed by atoms with Gasteiger partial charge in [0.1, 0.15) is 0 Å². The summed E-state index contributed by atoms with van der Waals surface area (Å²) >= 11 is 2.38. The maximum Gasteiger partial charge on any atom is 0.0130 e. The molecule has 2 unspecified atom stereocenters. The molecule has 0 radical (unpaired) electrons. The molecule has 1 N–H and O–H groups in total. The Morgan fingerprint density at radius 3 is 2.44 bits per heavy atom. The van der Waals surface area contributed by atoms with E-state index in [-0.39, 0.29) is 0 Å². The van der Waals surface area contributed by atoms with Crippen molar-refractivity contribution in [2.45, 2.75) is 44.6 Å². The van der Waals surface area contributed by atoms with E-state index in [1.165, 1.54) is 54.2 Å². The SMILES string of the molecule is Ic1ccc(CC2CCCC2CNC2CC2)cc1. The van der Waals surface area contributed by atoms with Gasteiger partial charge in [-0.1, -0.05) is 18.6 Å². The van der Waals surface area contributed by atoms with E-state index in [4.69, 9.17) is 0 Å². The summed E-state index contributed by atoms with van der Waals surface area (Å²) in [7, 11) is 0. The molecule has 0 heterocycles. The lowest BCUT2D eigenvalue weighted by atomic mass is 9.89. The molecule has 0 aromatic heterocycles. The van der Waals surface area contributed by atoms with Gasteiger partial charge in [-0.05, 0) is 90.8 Å². The molecule has 0 aliphatic heterocycles. The highest BCUT2D eigenvalue weighted by Gasteiger charge is 2.29. The van der Waals surface area contributed by atoms with Gasteiger partial charge >= 0.3 is 0 Å². The molecule has 0 bridgehead atoms. The van der Waals surface area contributed by atoms with Gasteiger partial charge in [0.15, 0.2) is 0 Å². The van der Waals surface area contributed by atoms with Crippen molar-refractivity contribution >= 4 is 22.6 Å². The number of benzene rings is 1. The van der Waals surface area contributed by atoms with E-state index in [1.807, 2.05) is 0 Å². The molecular weight excluding hydrogens is 333 g/mol. The minimum Gasteiger partial charge on any atom is -0.314 e. The van der Waals surface area contributed by atoms with Crippen LogP contribution in [0.25, 0.3) is 0 Å². The van der Waals surface area contributed by atoms with Crippen LogP contribution in [0.3, 0.4) is 0 Å². The van der Waals surface area contributed by atoms with Crippen LogP contribution in [-0.4, -0.2) is 12.6 Å². The smallest absolute Gasteiger partial charge is 0.0130 e. The Labute approximate surface area is 124 Å². The van der Waals surface area contributed by atoms with Crippen LogP contribution < -0.4 is 5.32 Å². The number of hydrogen-bond donors (Lipinski definition) is 1. The van der Waals surface area contributed by atoms with Crippen LogP contribution in [0.1, 0.15) is 37.7 Å². The van der Waals surface area contributed by atoms with Crippen LogP contribution in [0, 0.1) is 15.4 Å². The van der Waals surface area contributed by atoms with E-state index in [2.05, 4.69) is 52.2 Å². The average molecular weight is 355 g/mol. The largest absolute Gasteiger partial charge is 0.314 e. The van der Waals surface area contributed by atoms with E-state index < -0.39 is 0 Å². The third kappa shape index (κ3) is 3.47. The summed E-state index contributed by atoms with van der Waals surface area (Å²) in [5.41, 5.74) is 1.53. The summed E-state index contributed by atoms with van der Waals surface area (Å²) in [5.74, 6) is 1.83. The number of hydrogen-bond acceptors (Lipinski definition) is 1. The minimum absolute atomic E-state index is 0.865. The molecule has 1 nitrogen and oxygen atoms in total. The van der Waals surface area contributed by atoms with Gasteiger partial charge in [0.25, 0.3) is 0 Å². The Morgan fingerprint density at radius 2 is 1.72 bits per heavy atom. The van der Waals surface area contributed by atoms with Crippen LogP contribution in [0.2, 0.25) is 0 Å². The summed E-state index contributed by atoms with van der Waals surface area (Å²) < 4.78 is 1.34. The molecule has 0 spiro atoms. The zero-order valence-corrected chi connectivity index (χ0v) is 13.0. The second-order valence-electron chi connectivity index (χ2n) is 5.96. The third-order valence-corrected chi connectivity index (χ3v) is 5.19. The Hall–Kier alpha value is -0.0900. The van der Waals surface area contributed by atoms with Gasteiger partial charge in [-0.3, -0.25) is 0 Å². The monoisotopic (exact) mass is 355 g/mol. The van der Waals surface area contributed by atoms with E-state index in [1.54, 1.807) is 0 Å². The molecule has 18 heavy (non-hydrogen) atoms. The first-order chi connectivity index (χ1) is 8.81. The zero-order valence-electron chi connectivity index (χ0n) is 10.9. The molecule has 1 aromatic rings. The highest BCUT2D eigenvalue weighted by molar-refractivity contribution is 14.1. The van der Waals surface area contributed by atoms with Crippen molar-refractivity contribution in [1.82, 2.24) is 5.32 Å². The Balaban J connectivity index is 1.54. The molecular formula is C16H22IN. The molecule has 0 amide bonds. The lowest BCUT2D eigenvalue weighted by molar-refractivity contribution is 0.364. The fraction of sp³-hybridized carbons (Fsp3) is 0.625. The summed E-state index contributed by atoms with van der Waals surface area (Å²) in [4.78, 5) is 0. The van der Waals surface area contributed by atoms with Gasteiger partial charge in [0.05, 0.1) is 0 Å². The third-order valence-electron chi connectivity index (χ3n) is 4.47. The molecule has 2 fully saturated rings. The van der Waals surface area contributed by atoms with Crippen LogP contribution in [0.4, 0.5) is 0 Å². The van der Waals surface area contributed by atoms with Crippen molar-refractivity contribution in [3.63, 3.8) is 0 Å². The Bertz CT molecular complexity index is 383. The van der Waals surface area contributed by atoms with Gasteiger partial charge in [-0.15, -0.1) is 0 Å². The van der Waals surface area contributed by atoms with Gasteiger partial charge in [0.2, 0.25) is 0 Å². The summed E-state index contributed by atoms with van der Waals surface area (Å²) in [5, 5.41) is 3.72.